The minimum absolute atomic E-state index is 0.0459. The standard InChI is InChI=1S/C22H34O2/c1-22(2,3)17-14-19(16-10-6-4-7-11-16)21(20(23)15-17)24-18-12-8-5-9-13-18/h14-16,18,23H,4-13H2,1-3H3. The SMILES string of the molecule is CC(C)(C)c1cc(O)c(OC2CCCCC2)c(C2CCCCC2)c1. The van der Waals surface area contributed by atoms with Crippen molar-refractivity contribution in [2.24, 2.45) is 0 Å². The fourth-order valence-electron chi connectivity index (χ4n) is 4.26. The molecule has 0 aliphatic heterocycles. The summed E-state index contributed by atoms with van der Waals surface area (Å²) in [5.41, 5.74) is 2.53. The highest BCUT2D eigenvalue weighted by Gasteiger charge is 2.27. The molecule has 24 heavy (non-hydrogen) atoms. The fourth-order valence-corrected chi connectivity index (χ4v) is 4.26. The summed E-state index contributed by atoms with van der Waals surface area (Å²) in [5.74, 6) is 1.70. The number of rotatable bonds is 3. The van der Waals surface area contributed by atoms with Gasteiger partial charge in [-0.1, -0.05) is 52.5 Å². The van der Waals surface area contributed by atoms with Crippen molar-refractivity contribution >= 4 is 0 Å². The number of benzene rings is 1. The van der Waals surface area contributed by atoms with Crippen LogP contribution < -0.4 is 4.74 Å². The van der Waals surface area contributed by atoms with Crippen molar-refractivity contribution in [3.8, 4) is 11.5 Å². The van der Waals surface area contributed by atoms with Crippen LogP contribution in [0.25, 0.3) is 0 Å². The van der Waals surface area contributed by atoms with E-state index < -0.39 is 0 Å². The third kappa shape index (κ3) is 4.07. The maximum absolute atomic E-state index is 10.8. The lowest BCUT2D eigenvalue weighted by Crippen LogP contribution is -2.21. The number of hydrogen-bond acceptors (Lipinski definition) is 2. The number of aromatic hydroxyl groups is 1. The Kier molecular flexibility index (Phi) is 5.42. The van der Waals surface area contributed by atoms with Crippen molar-refractivity contribution in [1.29, 1.82) is 0 Å². The monoisotopic (exact) mass is 330 g/mol. The third-order valence-corrected chi connectivity index (χ3v) is 5.85. The Balaban J connectivity index is 1.94. The summed E-state index contributed by atoms with van der Waals surface area (Å²) in [6.07, 6.45) is 12.8. The van der Waals surface area contributed by atoms with E-state index >= 15 is 0 Å². The lowest BCUT2D eigenvalue weighted by atomic mass is 9.79. The topological polar surface area (TPSA) is 29.5 Å². The number of phenolic OH excluding ortho intramolecular Hbond substituents is 1. The zero-order chi connectivity index (χ0) is 17.2. The van der Waals surface area contributed by atoms with Gasteiger partial charge in [0.25, 0.3) is 0 Å². The number of phenols is 1. The van der Waals surface area contributed by atoms with Crippen LogP contribution in [-0.2, 0) is 5.41 Å². The normalized spacial score (nSPS) is 21.0. The average Bonchev–Trinajstić information content (AvgIpc) is 2.57. The van der Waals surface area contributed by atoms with Gasteiger partial charge in [0.15, 0.2) is 11.5 Å². The minimum atomic E-state index is 0.0459. The number of hydrogen-bond donors (Lipinski definition) is 1. The Hall–Kier alpha value is -1.18. The van der Waals surface area contributed by atoms with Gasteiger partial charge in [-0.15, -0.1) is 0 Å². The van der Waals surface area contributed by atoms with Crippen LogP contribution in [0.15, 0.2) is 12.1 Å². The fraction of sp³-hybridized carbons (Fsp3) is 0.727. The highest BCUT2D eigenvalue weighted by molar-refractivity contribution is 5.52. The molecule has 2 aliphatic carbocycles. The van der Waals surface area contributed by atoms with Gasteiger partial charge < -0.3 is 9.84 Å². The van der Waals surface area contributed by atoms with Gasteiger partial charge in [0.1, 0.15) is 0 Å². The van der Waals surface area contributed by atoms with Crippen LogP contribution in [-0.4, -0.2) is 11.2 Å². The summed E-state index contributed by atoms with van der Waals surface area (Å²) in [6.45, 7) is 6.65. The van der Waals surface area contributed by atoms with Crippen LogP contribution in [0.2, 0.25) is 0 Å². The lowest BCUT2D eigenvalue weighted by Gasteiger charge is -2.30. The first-order valence-corrected chi connectivity index (χ1v) is 9.99. The molecule has 134 valence electrons. The molecule has 0 bridgehead atoms. The summed E-state index contributed by atoms with van der Waals surface area (Å²) in [6, 6.07) is 4.26. The van der Waals surface area contributed by atoms with E-state index in [2.05, 4.69) is 26.8 Å². The smallest absolute Gasteiger partial charge is 0.164 e. The van der Waals surface area contributed by atoms with Crippen LogP contribution in [0.5, 0.6) is 11.5 Å². The second-order valence-electron chi connectivity index (χ2n) is 8.88. The molecule has 0 radical (unpaired) electrons. The molecule has 1 aromatic rings. The second kappa shape index (κ2) is 7.37. The van der Waals surface area contributed by atoms with Crippen molar-refractivity contribution in [2.45, 2.75) is 102 Å². The molecule has 1 aromatic carbocycles. The molecule has 0 spiro atoms. The van der Waals surface area contributed by atoms with E-state index in [1.165, 1.54) is 62.5 Å². The van der Waals surface area contributed by atoms with E-state index in [9.17, 15) is 5.11 Å². The third-order valence-electron chi connectivity index (χ3n) is 5.85. The van der Waals surface area contributed by atoms with Crippen molar-refractivity contribution in [2.75, 3.05) is 0 Å². The Labute approximate surface area is 147 Å². The molecule has 0 atom stereocenters. The Morgan fingerprint density at radius 3 is 2.04 bits per heavy atom. The molecule has 0 heterocycles. The van der Waals surface area contributed by atoms with Crippen LogP contribution in [0.4, 0.5) is 0 Å². The van der Waals surface area contributed by atoms with Gasteiger partial charge >= 0.3 is 0 Å². The molecular weight excluding hydrogens is 296 g/mol. The second-order valence-corrected chi connectivity index (χ2v) is 8.88. The van der Waals surface area contributed by atoms with Crippen LogP contribution >= 0.6 is 0 Å². The maximum Gasteiger partial charge on any atom is 0.164 e. The molecule has 0 aromatic heterocycles. The molecule has 3 rings (SSSR count). The summed E-state index contributed by atoms with van der Waals surface area (Å²) >= 11 is 0. The summed E-state index contributed by atoms with van der Waals surface area (Å²) in [5, 5.41) is 10.8. The quantitative estimate of drug-likeness (QED) is 0.690. The van der Waals surface area contributed by atoms with Gasteiger partial charge in [-0.3, -0.25) is 0 Å². The Bertz CT molecular complexity index is 544. The van der Waals surface area contributed by atoms with Gasteiger partial charge in [0.05, 0.1) is 6.10 Å². The highest BCUT2D eigenvalue weighted by Crippen LogP contribution is 2.45. The van der Waals surface area contributed by atoms with E-state index in [-0.39, 0.29) is 11.5 Å². The average molecular weight is 331 g/mol. The van der Waals surface area contributed by atoms with E-state index in [0.29, 0.717) is 11.7 Å². The van der Waals surface area contributed by atoms with Crippen molar-refractivity contribution < 1.29 is 9.84 Å². The Morgan fingerprint density at radius 2 is 1.46 bits per heavy atom. The zero-order valence-electron chi connectivity index (χ0n) is 15.7. The summed E-state index contributed by atoms with van der Waals surface area (Å²) < 4.78 is 6.39. The molecule has 2 nitrogen and oxygen atoms in total. The minimum Gasteiger partial charge on any atom is -0.504 e. The summed E-state index contributed by atoms with van der Waals surface area (Å²) in [7, 11) is 0. The molecule has 2 aliphatic rings. The predicted octanol–water partition coefficient (Wildman–Crippen LogP) is 6.45. The molecular formula is C22H34O2. The van der Waals surface area contributed by atoms with Crippen molar-refractivity contribution in [3.63, 3.8) is 0 Å². The molecule has 2 fully saturated rings. The maximum atomic E-state index is 10.8. The first-order chi connectivity index (χ1) is 11.4. The van der Waals surface area contributed by atoms with E-state index in [0.717, 1.165) is 18.6 Å². The molecule has 1 N–H and O–H groups in total. The zero-order valence-corrected chi connectivity index (χ0v) is 15.7. The molecule has 0 saturated heterocycles. The summed E-state index contributed by atoms with van der Waals surface area (Å²) in [4.78, 5) is 0. The van der Waals surface area contributed by atoms with E-state index in [1.54, 1.807) is 0 Å². The van der Waals surface area contributed by atoms with Gasteiger partial charge in [0.2, 0.25) is 0 Å². The van der Waals surface area contributed by atoms with Crippen LogP contribution in [0, 0.1) is 0 Å². The molecule has 0 amide bonds. The molecule has 2 saturated carbocycles. The molecule has 2 heteroatoms. The highest BCUT2D eigenvalue weighted by atomic mass is 16.5. The van der Waals surface area contributed by atoms with E-state index in [1.807, 2.05) is 6.07 Å². The van der Waals surface area contributed by atoms with Crippen molar-refractivity contribution in [3.05, 3.63) is 23.3 Å². The Morgan fingerprint density at radius 1 is 0.875 bits per heavy atom. The van der Waals surface area contributed by atoms with Gasteiger partial charge in [0, 0.05) is 5.56 Å². The molecule has 0 unspecified atom stereocenters. The first-order valence-electron chi connectivity index (χ1n) is 9.99. The largest absolute Gasteiger partial charge is 0.504 e. The first kappa shape index (κ1) is 17.6. The van der Waals surface area contributed by atoms with Gasteiger partial charge in [-0.2, -0.15) is 0 Å². The van der Waals surface area contributed by atoms with Gasteiger partial charge in [-0.25, -0.2) is 0 Å². The van der Waals surface area contributed by atoms with Crippen LogP contribution in [0.1, 0.15) is 102 Å². The van der Waals surface area contributed by atoms with Gasteiger partial charge in [-0.05, 0) is 61.5 Å². The van der Waals surface area contributed by atoms with E-state index in [4.69, 9.17) is 4.74 Å². The number of ether oxygens (including phenoxy) is 1. The van der Waals surface area contributed by atoms with Crippen molar-refractivity contribution in [1.82, 2.24) is 0 Å². The lowest BCUT2D eigenvalue weighted by molar-refractivity contribution is 0.147. The predicted molar refractivity (Wildman–Crippen MR) is 100 cm³/mol. The van der Waals surface area contributed by atoms with Crippen LogP contribution in [0.3, 0.4) is 0 Å².